The van der Waals surface area contributed by atoms with Crippen molar-refractivity contribution in [3.05, 3.63) is 0 Å². The Kier molecular flexibility index (Phi) is 4.97. The molecular formula is C13H25N3O2. The lowest BCUT2D eigenvalue weighted by Gasteiger charge is -2.38. The van der Waals surface area contributed by atoms with Crippen LogP contribution in [0.4, 0.5) is 0 Å². The zero-order valence-corrected chi connectivity index (χ0v) is 11.3. The molecule has 2 unspecified atom stereocenters. The Morgan fingerprint density at radius 1 is 1.28 bits per heavy atom. The lowest BCUT2D eigenvalue weighted by atomic mass is 10.0. The Labute approximate surface area is 109 Å². The van der Waals surface area contributed by atoms with Crippen LogP contribution < -0.4 is 5.32 Å². The number of carboxylic acids is 1. The molecule has 2 N–H and O–H groups in total. The SMILES string of the molecule is CC(C(=O)O)N1CCNCCN2CCCCC2C1. The first-order chi connectivity index (χ1) is 8.68. The minimum Gasteiger partial charge on any atom is -0.480 e. The molecule has 0 spiro atoms. The van der Waals surface area contributed by atoms with E-state index in [9.17, 15) is 9.90 Å². The van der Waals surface area contributed by atoms with E-state index in [0.29, 0.717) is 6.04 Å². The molecule has 2 atom stereocenters. The molecule has 5 nitrogen and oxygen atoms in total. The fraction of sp³-hybridized carbons (Fsp3) is 0.923. The zero-order chi connectivity index (χ0) is 13.0. The van der Waals surface area contributed by atoms with Crippen molar-refractivity contribution in [2.45, 2.75) is 38.3 Å². The predicted molar refractivity (Wildman–Crippen MR) is 70.8 cm³/mol. The van der Waals surface area contributed by atoms with E-state index in [-0.39, 0.29) is 6.04 Å². The number of carboxylic acid groups (broad SMARTS) is 1. The van der Waals surface area contributed by atoms with Gasteiger partial charge in [-0.3, -0.25) is 14.6 Å². The molecule has 0 aromatic rings. The fourth-order valence-corrected chi connectivity index (χ4v) is 3.00. The van der Waals surface area contributed by atoms with E-state index in [1.54, 1.807) is 6.92 Å². The third-order valence-corrected chi connectivity index (χ3v) is 4.25. The van der Waals surface area contributed by atoms with Gasteiger partial charge in [0.15, 0.2) is 0 Å². The fourth-order valence-electron chi connectivity index (χ4n) is 3.00. The largest absolute Gasteiger partial charge is 0.480 e. The summed E-state index contributed by atoms with van der Waals surface area (Å²) >= 11 is 0. The van der Waals surface area contributed by atoms with Gasteiger partial charge in [-0.25, -0.2) is 0 Å². The van der Waals surface area contributed by atoms with Gasteiger partial charge in [0.2, 0.25) is 0 Å². The van der Waals surface area contributed by atoms with Gasteiger partial charge in [-0.05, 0) is 26.3 Å². The maximum Gasteiger partial charge on any atom is 0.320 e. The summed E-state index contributed by atoms with van der Waals surface area (Å²) in [7, 11) is 0. The van der Waals surface area contributed by atoms with E-state index in [1.165, 1.54) is 25.8 Å². The van der Waals surface area contributed by atoms with Crippen molar-refractivity contribution in [3.8, 4) is 0 Å². The first-order valence-corrected chi connectivity index (χ1v) is 7.10. The number of nitrogens with one attached hydrogen (secondary N) is 1. The first-order valence-electron chi connectivity index (χ1n) is 7.10. The van der Waals surface area contributed by atoms with Gasteiger partial charge in [-0.2, -0.15) is 0 Å². The summed E-state index contributed by atoms with van der Waals surface area (Å²) in [6.07, 6.45) is 3.78. The third kappa shape index (κ3) is 3.43. The van der Waals surface area contributed by atoms with Gasteiger partial charge in [0.05, 0.1) is 0 Å². The highest BCUT2D eigenvalue weighted by atomic mass is 16.4. The van der Waals surface area contributed by atoms with Gasteiger partial charge in [0.1, 0.15) is 6.04 Å². The second-order valence-corrected chi connectivity index (χ2v) is 5.44. The van der Waals surface area contributed by atoms with Gasteiger partial charge in [-0.15, -0.1) is 0 Å². The molecule has 104 valence electrons. The van der Waals surface area contributed by atoms with E-state index in [2.05, 4.69) is 15.1 Å². The summed E-state index contributed by atoms with van der Waals surface area (Å²) in [5.74, 6) is -0.711. The summed E-state index contributed by atoms with van der Waals surface area (Å²) in [6.45, 7) is 7.70. The molecular weight excluding hydrogens is 230 g/mol. The number of hydrogen-bond donors (Lipinski definition) is 2. The Bertz CT molecular complexity index is 285. The molecule has 2 aliphatic rings. The summed E-state index contributed by atoms with van der Waals surface area (Å²) < 4.78 is 0. The second kappa shape index (κ2) is 6.50. The first kappa shape index (κ1) is 13.8. The molecule has 0 radical (unpaired) electrons. The number of nitrogens with zero attached hydrogens (tertiary/aromatic N) is 2. The molecule has 2 saturated heterocycles. The monoisotopic (exact) mass is 255 g/mol. The van der Waals surface area contributed by atoms with Crippen molar-refractivity contribution < 1.29 is 9.90 Å². The molecule has 5 heteroatoms. The highest BCUT2D eigenvalue weighted by Crippen LogP contribution is 2.19. The molecule has 0 bridgehead atoms. The molecule has 2 fully saturated rings. The van der Waals surface area contributed by atoms with E-state index in [4.69, 9.17) is 0 Å². The topological polar surface area (TPSA) is 55.8 Å². The Hall–Kier alpha value is -0.650. The number of aliphatic carboxylic acids is 1. The molecule has 18 heavy (non-hydrogen) atoms. The number of piperidine rings is 1. The third-order valence-electron chi connectivity index (χ3n) is 4.25. The van der Waals surface area contributed by atoms with Gasteiger partial charge < -0.3 is 10.4 Å². The van der Waals surface area contributed by atoms with Crippen molar-refractivity contribution in [2.75, 3.05) is 39.3 Å². The number of fused-ring (bicyclic) bond motifs is 1. The van der Waals surface area contributed by atoms with Crippen LogP contribution in [0.15, 0.2) is 0 Å². The van der Waals surface area contributed by atoms with Crippen molar-refractivity contribution in [3.63, 3.8) is 0 Å². The smallest absolute Gasteiger partial charge is 0.320 e. The molecule has 0 amide bonds. The molecule has 0 aliphatic carbocycles. The van der Waals surface area contributed by atoms with Crippen LogP contribution in [0.3, 0.4) is 0 Å². The quantitative estimate of drug-likeness (QED) is 0.739. The van der Waals surface area contributed by atoms with Crippen LogP contribution in [0.2, 0.25) is 0 Å². The van der Waals surface area contributed by atoms with Crippen molar-refractivity contribution in [1.82, 2.24) is 15.1 Å². The number of hydrogen-bond acceptors (Lipinski definition) is 4. The van der Waals surface area contributed by atoms with Crippen LogP contribution >= 0.6 is 0 Å². The standard InChI is InChI=1S/C13H25N3O2/c1-11(13(17)18)16-9-6-14-5-8-15-7-3-2-4-12(15)10-16/h11-12,14H,2-10H2,1H3,(H,17,18). The lowest BCUT2D eigenvalue weighted by molar-refractivity contribution is -0.142. The van der Waals surface area contributed by atoms with Gasteiger partial charge in [0, 0.05) is 38.8 Å². The van der Waals surface area contributed by atoms with Gasteiger partial charge in [-0.1, -0.05) is 6.42 Å². The number of carbonyl (C=O) groups is 1. The van der Waals surface area contributed by atoms with Crippen LogP contribution in [0.5, 0.6) is 0 Å². The predicted octanol–water partition coefficient (Wildman–Crippen LogP) is 0.219. The van der Waals surface area contributed by atoms with Crippen LogP contribution in [0.1, 0.15) is 26.2 Å². The van der Waals surface area contributed by atoms with E-state index in [0.717, 1.165) is 32.7 Å². The number of rotatable bonds is 2. The van der Waals surface area contributed by atoms with Gasteiger partial charge in [0.25, 0.3) is 0 Å². The lowest BCUT2D eigenvalue weighted by Crippen LogP contribution is -2.50. The maximum absolute atomic E-state index is 11.2. The molecule has 2 rings (SSSR count). The maximum atomic E-state index is 11.2. The van der Waals surface area contributed by atoms with Crippen LogP contribution in [-0.2, 0) is 4.79 Å². The van der Waals surface area contributed by atoms with Gasteiger partial charge >= 0.3 is 5.97 Å². The minimum absolute atomic E-state index is 0.381. The van der Waals surface area contributed by atoms with Crippen molar-refractivity contribution >= 4 is 5.97 Å². The van der Waals surface area contributed by atoms with Crippen LogP contribution in [-0.4, -0.2) is 72.2 Å². The summed E-state index contributed by atoms with van der Waals surface area (Å²) in [5.41, 5.74) is 0. The van der Waals surface area contributed by atoms with Crippen LogP contribution in [0, 0.1) is 0 Å². The summed E-state index contributed by atoms with van der Waals surface area (Å²) in [6, 6.07) is 0.161. The molecule has 0 saturated carbocycles. The molecule has 0 aromatic carbocycles. The highest BCUT2D eigenvalue weighted by molar-refractivity contribution is 5.72. The molecule has 0 aromatic heterocycles. The Balaban J connectivity index is 2.03. The average molecular weight is 255 g/mol. The second-order valence-electron chi connectivity index (χ2n) is 5.44. The Morgan fingerprint density at radius 3 is 2.83 bits per heavy atom. The van der Waals surface area contributed by atoms with E-state index >= 15 is 0 Å². The van der Waals surface area contributed by atoms with E-state index in [1.807, 2.05) is 0 Å². The van der Waals surface area contributed by atoms with E-state index < -0.39 is 5.97 Å². The highest BCUT2D eigenvalue weighted by Gasteiger charge is 2.28. The van der Waals surface area contributed by atoms with Crippen LogP contribution in [0.25, 0.3) is 0 Å². The molecule has 2 heterocycles. The Morgan fingerprint density at radius 2 is 2.06 bits per heavy atom. The van der Waals surface area contributed by atoms with Crippen molar-refractivity contribution in [1.29, 1.82) is 0 Å². The zero-order valence-electron chi connectivity index (χ0n) is 11.3. The molecule has 2 aliphatic heterocycles. The summed E-state index contributed by atoms with van der Waals surface area (Å²) in [4.78, 5) is 15.8. The minimum atomic E-state index is -0.711. The average Bonchev–Trinajstić information content (AvgIpc) is 2.47. The normalized spacial score (nSPS) is 29.7. The van der Waals surface area contributed by atoms with Crippen molar-refractivity contribution in [2.24, 2.45) is 0 Å². The summed E-state index contributed by atoms with van der Waals surface area (Å²) in [5, 5.41) is 12.6.